The third-order valence-electron chi connectivity index (χ3n) is 4.93. The average Bonchev–Trinajstić information content (AvgIpc) is 3.20. The fraction of sp³-hybridized carbons (Fsp3) is 0.286. The van der Waals surface area contributed by atoms with Crippen LogP contribution in [0.4, 0.5) is 15.8 Å². The molecule has 0 fully saturated rings. The molecule has 0 unspecified atom stereocenters. The van der Waals surface area contributed by atoms with E-state index in [-0.39, 0.29) is 11.7 Å². The van der Waals surface area contributed by atoms with Crippen LogP contribution in [-0.2, 0) is 13.0 Å². The average molecular weight is 412 g/mol. The predicted molar refractivity (Wildman–Crippen MR) is 111 cm³/mol. The van der Waals surface area contributed by atoms with Crippen LogP contribution in [0.25, 0.3) is 0 Å². The van der Waals surface area contributed by atoms with Crippen LogP contribution in [0.3, 0.4) is 0 Å². The lowest BCUT2D eigenvalue weighted by Crippen LogP contribution is -2.30. The lowest BCUT2D eigenvalue weighted by molar-refractivity contribution is 0.102. The molecule has 0 saturated heterocycles. The molecule has 1 aliphatic heterocycles. The van der Waals surface area contributed by atoms with E-state index in [2.05, 4.69) is 20.4 Å². The number of carbonyl (C=O) groups excluding carboxylic acids is 1. The SMILES string of the molecule is COc1ccc(NC(=O)c2nnc(CN3CCCc4c(F)ccc(C)c43)s2)cc1. The molecule has 150 valence electrons. The molecular formula is C21H21FN4O2S. The molecule has 0 spiro atoms. The largest absolute Gasteiger partial charge is 0.497 e. The molecule has 8 heteroatoms. The number of ether oxygens (including phenoxy) is 1. The van der Waals surface area contributed by atoms with Crippen molar-refractivity contribution < 1.29 is 13.9 Å². The van der Waals surface area contributed by atoms with Crippen molar-refractivity contribution in [1.82, 2.24) is 10.2 Å². The number of fused-ring (bicyclic) bond motifs is 1. The van der Waals surface area contributed by atoms with E-state index in [0.717, 1.165) is 47.0 Å². The minimum atomic E-state index is -0.305. The minimum absolute atomic E-state index is 0.160. The number of rotatable bonds is 5. The molecular weight excluding hydrogens is 391 g/mol. The molecule has 0 radical (unpaired) electrons. The molecule has 2 aromatic carbocycles. The van der Waals surface area contributed by atoms with Crippen molar-refractivity contribution in [3.8, 4) is 5.75 Å². The second kappa shape index (κ2) is 8.16. The standard InChI is InChI=1S/C21H21FN4O2S/c1-13-5-10-17(22)16-4-3-11-26(19(13)16)12-18-24-25-21(29-18)20(27)23-14-6-8-15(28-2)9-7-14/h5-10H,3-4,11-12H2,1-2H3,(H,23,27). The fourth-order valence-electron chi connectivity index (χ4n) is 3.55. The molecule has 1 aliphatic rings. The van der Waals surface area contributed by atoms with Gasteiger partial charge in [0.25, 0.3) is 5.91 Å². The topological polar surface area (TPSA) is 67.3 Å². The first kappa shape index (κ1) is 19.3. The number of hydrogen-bond acceptors (Lipinski definition) is 6. The van der Waals surface area contributed by atoms with Gasteiger partial charge in [0.15, 0.2) is 0 Å². The molecule has 1 amide bonds. The molecule has 6 nitrogen and oxygen atoms in total. The molecule has 0 aliphatic carbocycles. The highest BCUT2D eigenvalue weighted by Gasteiger charge is 2.23. The summed E-state index contributed by atoms with van der Waals surface area (Å²) in [6.45, 7) is 3.32. The number of carbonyl (C=O) groups is 1. The number of methoxy groups -OCH3 is 1. The number of hydrogen-bond donors (Lipinski definition) is 1. The maximum absolute atomic E-state index is 14.2. The highest BCUT2D eigenvalue weighted by atomic mass is 32.1. The number of amides is 1. The summed E-state index contributed by atoms with van der Waals surface area (Å²) in [5, 5.41) is 12.0. The van der Waals surface area contributed by atoms with Crippen molar-refractivity contribution in [3.63, 3.8) is 0 Å². The summed E-state index contributed by atoms with van der Waals surface area (Å²) < 4.78 is 19.3. The van der Waals surface area contributed by atoms with Crippen molar-refractivity contribution in [3.05, 3.63) is 63.4 Å². The zero-order valence-electron chi connectivity index (χ0n) is 16.2. The lowest BCUT2D eigenvalue weighted by Gasteiger charge is -2.32. The summed E-state index contributed by atoms with van der Waals surface area (Å²) in [6, 6.07) is 10.4. The third kappa shape index (κ3) is 4.07. The zero-order chi connectivity index (χ0) is 20.4. The summed E-state index contributed by atoms with van der Waals surface area (Å²) in [7, 11) is 1.59. The molecule has 0 atom stereocenters. The van der Waals surface area contributed by atoms with E-state index in [4.69, 9.17) is 4.74 Å². The van der Waals surface area contributed by atoms with Gasteiger partial charge in [-0.05, 0) is 55.7 Å². The lowest BCUT2D eigenvalue weighted by atomic mass is 9.97. The quantitative estimate of drug-likeness (QED) is 0.680. The predicted octanol–water partition coefficient (Wildman–Crippen LogP) is 4.20. The van der Waals surface area contributed by atoms with E-state index in [1.54, 1.807) is 37.4 Å². The van der Waals surface area contributed by atoms with Crippen LogP contribution in [0.15, 0.2) is 36.4 Å². The molecule has 2 heterocycles. The van der Waals surface area contributed by atoms with Crippen LogP contribution in [0, 0.1) is 12.7 Å². The number of nitrogens with one attached hydrogen (secondary N) is 1. The highest BCUT2D eigenvalue weighted by molar-refractivity contribution is 7.13. The summed E-state index contributed by atoms with van der Waals surface area (Å²) in [5.41, 5.74) is 3.40. The molecule has 1 aromatic heterocycles. The van der Waals surface area contributed by atoms with Crippen LogP contribution in [0.5, 0.6) is 5.75 Å². The maximum atomic E-state index is 14.2. The van der Waals surface area contributed by atoms with Crippen molar-refractivity contribution in [2.45, 2.75) is 26.3 Å². The normalized spacial score (nSPS) is 13.1. The Morgan fingerprint density at radius 3 is 2.79 bits per heavy atom. The second-order valence-electron chi connectivity index (χ2n) is 6.90. The maximum Gasteiger partial charge on any atom is 0.286 e. The van der Waals surface area contributed by atoms with Crippen LogP contribution in [0.2, 0.25) is 0 Å². The van der Waals surface area contributed by atoms with Gasteiger partial charge in [0.05, 0.1) is 13.7 Å². The monoisotopic (exact) mass is 412 g/mol. The number of halogens is 1. The number of aryl methyl sites for hydroxylation is 1. The van der Waals surface area contributed by atoms with Gasteiger partial charge in [-0.25, -0.2) is 4.39 Å². The third-order valence-corrected chi connectivity index (χ3v) is 5.84. The van der Waals surface area contributed by atoms with Crippen LogP contribution in [0.1, 0.15) is 32.4 Å². The van der Waals surface area contributed by atoms with Crippen LogP contribution >= 0.6 is 11.3 Å². The molecule has 1 N–H and O–H groups in total. The van der Waals surface area contributed by atoms with E-state index in [1.807, 2.05) is 6.92 Å². The smallest absolute Gasteiger partial charge is 0.286 e. The van der Waals surface area contributed by atoms with Gasteiger partial charge < -0.3 is 15.0 Å². The summed E-state index contributed by atoms with van der Waals surface area (Å²) in [5.74, 6) is 0.252. The Morgan fingerprint density at radius 2 is 2.03 bits per heavy atom. The molecule has 0 bridgehead atoms. The van der Waals surface area contributed by atoms with Crippen LogP contribution < -0.4 is 15.0 Å². The first-order valence-electron chi connectivity index (χ1n) is 9.36. The summed E-state index contributed by atoms with van der Waals surface area (Å²) in [4.78, 5) is 14.6. The summed E-state index contributed by atoms with van der Waals surface area (Å²) >= 11 is 1.25. The second-order valence-corrected chi connectivity index (χ2v) is 7.96. The molecule has 29 heavy (non-hydrogen) atoms. The molecule has 3 aromatic rings. The fourth-order valence-corrected chi connectivity index (χ4v) is 4.31. The van der Waals surface area contributed by atoms with Gasteiger partial charge in [0.1, 0.15) is 16.6 Å². The number of nitrogens with zero attached hydrogens (tertiary/aromatic N) is 3. The number of anilines is 2. The van der Waals surface area contributed by atoms with Gasteiger partial charge >= 0.3 is 0 Å². The summed E-state index contributed by atoms with van der Waals surface area (Å²) in [6.07, 6.45) is 1.63. The van der Waals surface area contributed by atoms with E-state index >= 15 is 0 Å². The molecule has 4 rings (SSSR count). The Hall–Kier alpha value is -3.00. The van der Waals surface area contributed by atoms with Gasteiger partial charge in [-0.2, -0.15) is 0 Å². The number of benzene rings is 2. The van der Waals surface area contributed by atoms with E-state index < -0.39 is 0 Å². The van der Waals surface area contributed by atoms with Gasteiger partial charge in [-0.1, -0.05) is 17.4 Å². The van der Waals surface area contributed by atoms with Crippen molar-refractivity contribution in [2.24, 2.45) is 0 Å². The highest BCUT2D eigenvalue weighted by Crippen LogP contribution is 2.33. The first-order chi connectivity index (χ1) is 14.0. The minimum Gasteiger partial charge on any atom is -0.497 e. The zero-order valence-corrected chi connectivity index (χ0v) is 17.1. The van der Waals surface area contributed by atoms with Gasteiger partial charge in [0.2, 0.25) is 5.01 Å². The Bertz CT molecular complexity index is 1040. The van der Waals surface area contributed by atoms with E-state index in [0.29, 0.717) is 17.2 Å². The molecule has 0 saturated carbocycles. The van der Waals surface area contributed by atoms with Gasteiger partial charge in [-0.15, -0.1) is 10.2 Å². The van der Waals surface area contributed by atoms with Crippen LogP contribution in [-0.4, -0.2) is 29.8 Å². The van der Waals surface area contributed by atoms with Crippen molar-refractivity contribution in [2.75, 3.05) is 23.9 Å². The van der Waals surface area contributed by atoms with Gasteiger partial charge in [0, 0.05) is 23.5 Å². The Morgan fingerprint density at radius 1 is 1.24 bits per heavy atom. The van der Waals surface area contributed by atoms with Crippen molar-refractivity contribution in [1.29, 1.82) is 0 Å². The Balaban J connectivity index is 1.47. The van der Waals surface area contributed by atoms with E-state index in [9.17, 15) is 9.18 Å². The van der Waals surface area contributed by atoms with Gasteiger partial charge in [-0.3, -0.25) is 4.79 Å². The van der Waals surface area contributed by atoms with Crippen molar-refractivity contribution >= 4 is 28.6 Å². The number of aromatic nitrogens is 2. The van der Waals surface area contributed by atoms with E-state index in [1.165, 1.54) is 17.4 Å². The first-order valence-corrected chi connectivity index (χ1v) is 10.2. The Labute approximate surface area is 172 Å². The Kier molecular flexibility index (Phi) is 5.44.